The van der Waals surface area contributed by atoms with Crippen LogP contribution in [-0.2, 0) is 6.42 Å². The van der Waals surface area contributed by atoms with Gasteiger partial charge >= 0.3 is 0 Å². The van der Waals surface area contributed by atoms with Crippen molar-refractivity contribution in [1.29, 1.82) is 0 Å². The largest absolute Gasteiger partial charge is 0.490 e. The van der Waals surface area contributed by atoms with E-state index in [1.165, 1.54) is 0 Å². The Labute approximate surface area is 67.3 Å². The molecular formula is C10H11O. The normalized spacial score (nSPS) is 9.18. The number of hydrogen-bond acceptors (Lipinski definition) is 1. The highest BCUT2D eigenvalue weighted by Gasteiger charge is 1.96. The van der Waals surface area contributed by atoms with Gasteiger partial charge in [-0.1, -0.05) is 24.3 Å². The van der Waals surface area contributed by atoms with E-state index in [9.17, 15) is 0 Å². The summed E-state index contributed by atoms with van der Waals surface area (Å²) in [6.07, 6.45) is 2.67. The van der Waals surface area contributed by atoms with Crippen molar-refractivity contribution < 1.29 is 4.74 Å². The molecule has 0 unspecified atom stereocenters. The van der Waals surface area contributed by atoms with Gasteiger partial charge in [0.05, 0.1) is 0 Å². The second kappa shape index (κ2) is 3.81. The molecule has 1 nitrogen and oxygen atoms in total. The molecule has 0 amide bonds. The fourth-order valence-corrected chi connectivity index (χ4v) is 0.969. The Morgan fingerprint density at radius 3 is 2.73 bits per heavy atom. The maximum Gasteiger partial charge on any atom is 0.122 e. The van der Waals surface area contributed by atoms with Crippen molar-refractivity contribution in [1.82, 2.24) is 0 Å². The molecular weight excluding hydrogens is 136 g/mol. The van der Waals surface area contributed by atoms with Crippen molar-refractivity contribution >= 4 is 0 Å². The van der Waals surface area contributed by atoms with Crippen LogP contribution in [0.25, 0.3) is 0 Å². The summed E-state index contributed by atoms with van der Waals surface area (Å²) in [6.45, 7) is 3.66. The van der Waals surface area contributed by atoms with Crippen LogP contribution in [-0.4, -0.2) is 0 Å². The van der Waals surface area contributed by atoms with Gasteiger partial charge in [0.25, 0.3) is 0 Å². The summed E-state index contributed by atoms with van der Waals surface area (Å²) in [5.74, 6) is 0.826. The summed E-state index contributed by atoms with van der Waals surface area (Å²) in [4.78, 5) is 0. The van der Waals surface area contributed by atoms with Crippen LogP contribution in [0, 0.1) is 7.11 Å². The summed E-state index contributed by atoms with van der Waals surface area (Å²) in [7, 11) is 3.36. The van der Waals surface area contributed by atoms with Gasteiger partial charge in [0.2, 0.25) is 0 Å². The highest BCUT2D eigenvalue weighted by Crippen LogP contribution is 2.17. The van der Waals surface area contributed by atoms with Crippen LogP contribution in [0.1, 0.15) is 5.56 Å². The second-order valence-electron chi connectivity index (χ2n) is 2.24. The van der Waals surface area contributed by atoms with E-state index in [1.54, 1.807) is 0 Å². The lowest BCUT2D eigenvalue weighted by Gasteiger charge is -2.03. The summed E-state index contributed by atoms with van der Waals surface area (Å²) in [5.41, 5.74) is 1.12. The van der Waals surface area contributed by atoms with Gasteiger partial charge in [-0.15, -0.1) is 6.58 Å². The molecule has 0 aromatic heterocycles. The van der Waals surface area contributed by atoms with E-state index in [-0.39, 0.29) is 0 Å². The quantitative estimate of drug-likeness (QED) is 0.597. The Balaban J connectivity index is 2.92. The van der Waals surface area contributed by atoms with E-state index in [1.807, 2.05) is 30.3 Å². The van der Waals surface area contributed by atoms with Gasteiger partial charge in [0, 0.05) is 0 Å². The summed E-state index contributed by atoms with van der Waals surface area (Å²) < 4.78 is 4.90. The van der Waals surface area contributed by atoms with Crippen molar-refractivity contribution in [2.24, 2.45) is 0 Å². The van der Waals surface area contributed by atoms with Crippen molar-refractivity contribution in [2.75, 3.05) is 0 Å². The van der Waals surface area contributed by atoms with Gasteiger partial charge in [-0.25, -0.2) is 0 Å². The molecule has 11 heavy (non-hydrogen) atoms. The first-order chi connectivity index (χ1) is 5.38. The van der Waals surface area contributed by atoms with Crippen LogP contribution in [0.4, 0.5) is 0 Å². The van der Waals surface area contributed by atoms with E-state index < -0.39 is 0 Å². The summed E-state index contributed by atoms with van der Waals surface area (Å²) >= 11 is 0. The van der Waals surface area contributed by atoms with Gasteiger partial charge < -0.3 is 4.74 Å². The van der Waals surface area contributed by atoms with Gasteiger partial charge in [-0.3, -0.25) is 0 Å². The summed E-state index contributed by atoms with van der Waals surface area (Å²) in [6, 6.07) is 7.79. The molecule has 0 atom stereocenters. The Morgan fingerprint density at radius 2 is 2.09 bits per heavy atom. The van der Waals surface area contributed by atoms with Gasteiger partial charge in [0.15, 0.2) is 0 Å². The molecule has 0 aliphatic rings. The Hall–Kier alpha value is -1.24. The molecule has 57 valence electrons. The third-order valence-corrected chi connectivity index (χ3v) is 1.49. The van der Waals surface area contributed by atoms with Crippen LogP contribution in [0.15, 0.2) is 36.9 Å². The van der Waals surface area contributed by atoms with Crippen LogP contribution in [0.3, 0.4) is 0 Å². The fourth-order valence-electron chi connectivity index (χ4n) is 0.969. The smallest absolute Gasteiger partial charge is 0.122 e. The molecule has 0 fully saturated rings. The molecule has 1 rings (SSSR count). The maximum absolute atomic E-state index is 4.90. The molecule has 0 aliphatic heterocycles. The van der Waals surface area contributed by atoms with E-state index >= 15 is 0 Å². The number of para-hydroxylation sites is 1. The van der Waals surface area contributed by atoms with Crippen LogP contribution in [0.2, 0.25) is 0 Å². The number of benzene rings is 1. The molecule has 0 heterocycles. The number of hydrogen-bond donors (Lipinski definition) is 0. The van der Waals surface area contributed by atoms with Gasteiger partial charge in [-0.2, -0.15) is 0 Å². The first-order valence-corrected chi connectivity index (χ1v) is 3.49. The standard InChI is InChI=1S/C10H11O/c1-3-6-9-7-4-5-8-10(9)11-2/h3-5,7-8H,1-2,6H2. The molecule has 1 aromatic carbocycles. The first kappa shape index (κ1) is 7.86. The topological polar surface area (TPSA) is 9.23 Å². The van der Waals surface area contributed by atoms with Crippen molar-refractivity contribution in [3.8, 4) is 5.75 Å². The number of rotatable bonds is 3. The molecule has 0 saturated carbocycles. The summed E-state index contributed by atoms with van der Waals surface area (Å²) in [5, 5.41) is 0. The van der Waals surface area contributed by atoms with Crippen molar-refractivity contribution in [3.63, 3.8) is 0 Å². The van der Waals surface area contributed by atoms with E-state index in [4.69, 9.17) is 4.74 Å². The lowest BCUT2D eigenvalue weighted by atomic mass is 10.1. The third kappa shape index (κ3) is 1.84. The zero-order valence-corrected chi connectivity index (χ0v) is 6.42. The highest BCUT2D eigenvalue weighted by atomic mass is 16.5. The third-order valence-electron chi connectivity index (χ3n) is 1.49. The van der Waals surface area contributed by atoms with Crippen LogP contribution >= 0.6 is 0 Å². The molecule has 0 spiro atoms. The number of allylic oxidation sites excluding steroid dienone is 1. The van der Waals surface area contributed by atoms with E-state index in [0.29, 0.717) is 0 Å². The SMILES string of the molecule is [CH2]Oc1ccccc1CC=C. The van der Waals surface area contributed by atoms with Crippen LogP contribution < -0.4 is 4.74 Å². The van der Waals surface area contributed by atoms with E-state index in [2.05, 4.69) is 13.7 Å². The van der Waals surface area contributed by atoms with Crippen molar-refractivity contribution in [2.45, 2.75) is 6.42 Å². The number of ether oxygens (including phenoxy) is 1. The Bertz CT molecular complexity index is 240. The second-order valence-corrected chi connectivity index (χ2v) is 2.24. The Morgan fingerprint density at radius 1 is 1.36 bits per heavy atom. The monoisotopic (exact) mass is 147 g/mol. The predicted molar refractivity (Wildman–Crippen MR) is 46.3 cm³/mol. The zero-order valence-electron chi connectivity index (χ0n) is 6.42. The lowest BCUT2D eigenvalue weighted by molar-refractivity contribution is 0.468. The molecule has 0 saturated heterocycles. The average molecular weight is 147 g/mol. The molecule has 1 aromatic rings. The Kier molecular flexibility index (Phi) is 2.73. The van der Waals surface area contributed by atoms with Gasteiger partial charge in [0.1, 0.15) is 12.9 Å². The molecule has 0 bridgehead atoms. The van der Waals surface area contributed by atoms with E-state index in [0.717, 1.165) is 17.7 Å². The van der Waals surface area contributed by atoms with Gasteiger partial charge in [-0.05, 0) is 18.1 Å². The lowest BCUT2D eigenvalue weighted by Crippen LogP contribution is -1.87. The molecule has 1 radical (unpaired) electrons. The molecule has 1 heteroatoms. The minimum atomic E-state index is 0.825. The fraction of sp³-hybridized carbons (Fsp3) is 0.100. The van der Waals surface area contributed by atoms with Crippen LogP contribution in [0.5, 0.6) is 5.75 Å². The maximum atomic E-state index is 4.90. The average Bonchev–Trinajstić information content (AvgIpc) is 2.06. The minimum Gasteiger partial charge on any atom is -0.490 e. The first-order valence-electron chi connectivity index (χ1n) is 3.49. The molecule has 0 N–H and O–H groups in total. The highest BCUT2D eigenvalue weighted by molar-refractivity contribution is 5.34. The minimum absolute atomic E-state index is 0.825. The van der Waals surface area contributed by atoms with Crippen molar-refractivity contribution in [3.05, 3.63) is 49.6 Å². The molecule has 0 aliphatic carbocycles. The predicted octanol–water partition coefficient (Wildman–Crippen LogP) is 2.59. The zero-order chi connectivity index (χ0) is 8.10.